The fraction of sp³-hybridized carbons (Fsp3) is 0.444. The zero-order valence-electron chi connectivity index (χ0n) is 19.9. The van der Waals surface area contributed by atoms with Gasteiger partial charge in [0.05, 0.1) is 17.1 Å². The summed E-state index contributed by atoms with van der Waals surface area (Å²) >= 11 is 0. The third kappa shape index (κ3) is 4.20. The van der Waals surface area contributed by atoms with E-state index in [9.17, 15) is 9.59 Å². The molecule has 2 saturated heterocycles. The fourth-order valence-electron chi connectivity index (χ4n) is 5.23. The van der Waals surface area contributed by atoms with Gasteiger partial charge in [0.25, 0.3) is 0 Å². The standard InChI is InChI=1S/C27H33N5O2/c1-3-17(2)26(33)30-22-16-28-15-14-19-12-13-23(32(19)27(22)34)25-29-21-11-7-10-20(24(21)31-25)18-8-5-4-6-9-18/h4-11,17,19,22-23,28H,3,12-16H2,1-2H3,(H,29,31)(H,30,33)/t17-,19-,22+,23+/m1/s1. The van der Waals surface area contributed by atoms with E-state index in [2.05, 4.69) is 33.8 Å². The summed E-state index contributed by atoms with van der Waals surface area (Å²) in [4.78, 5) is 36.8. The molecule has 5 rings (SSSR count). The Morgan fingerprint density at radius 1 is 1.15 bits per heavy atom. The van der Waals surface area contributed by atoms with Gasteiger partial charge in [0.2, 0.25) is 11.8 Å². The molecule has 0 bridgehead atoms. The Morgan fingerprint density at radius 2 is 1.97 bits per heavy atom. The van der Waals surface area contributed by atoms with Gasteiger partial charge >= 0.3 is 0 Å². The summed E-state index contributed by atoms with van der Waals surface area (Å²) in [5.41, 5.74) is 4.14. The van der Waals surface area contributed by atoms with Gasteiger partial charge in [-0.2, -0.15) is 0 Å². The van der Waals surface area contributed by atoms with E-state index in [0.29, 0.717) is 6.54 Å². The number of benzene rings is 2. The van der Waals surface area contributed by atoms with Gasteiger partial charge in [-0.05, 0) is 43.9 Å². The maximum absolute atomic E-state index is 13.7. The zero-order valence-corrected chi connectivity index (χ0v) is 19.9. The van der Waals surface area contributed by atoms with Crippen LogP contribution < -0.4 is 10.6 Å². The molecule has 0 radical (unpaired) electrons. The highest BCUT2D eigenvalue weighted by Gasteiger charge is 2.42. The molecule has 7 nitrogen and oxygen atoms in total. The second-order valence-corrected chi connectivity index (χ2v) is 9.54. The summed E-state index contributed by atoms with van der Waals surface area (Å²) in [5.74, 6) is 0.636. The molecular formula is C27H33N5O2. The first kappa shape index (κ1) is 22.6. The van der Waals surface area contributed by atoms with Crippen molar-refractivity contribution in [1.29, 1.82) is 0 Å². The monoisotopic (exact) mass is 459 g/mol. The van der Waals surface area contributed by atoms with E-state index in [1.165, 1.54) is 0 Å². The van der Waals surface area contributed by atoms with Crippen molar-refractivity contribution in [2.75, 3.05) is 13.1 Å². The normalized spacial score (nSPS) is 23.9. The molecule has 3 heterocycles. The van der Waals surface area contributed by atoms with Gasteiger partial charge in [-0.3, -0.25) is 9.59 Å². The quantitative estimate of drug-likeness (QED) is 0.542. The number of H-pyrrole nitrogens is 1. The van der Waals surface area contributed by atoms with Gasteiger partial charge in [0.1, 0.15) is 11.9 Å². The highest BCUT2D eigenvalue weighted by atomic mass is 16.2. The average molecular weight is 460 g/mol. The largest absolute Gasteiger partial charge is 0.343 e. The van der Waals surface area contributed by atoms with Crippen LogP contribution >= 0.6 is 0 Å². The topological polar surface area (TPSA) is 90.1 Å². The fourth-order valence-corrected chi connectivity index (χ4v) is 5.23. The molecule has 0 unspecified atom stereocenters. The molecule has 0 aliphatic carbocycles. The highest BCUT2D eigenvalue weighted by Crippen LogP contribution is 2.39. The molecule has 0 saturated carbocycles. The number of fused-ring (bicyclic) bond motifs is 2. The van der Waals surface area contributed by atoms with E-state index in [1.807, 2.05) is 49.1 Å². The van der Waals surface area contributed by atoms with Crippen LogP contribution in [-0.4, -0.2) is 51.9 Å². The molecule has 2 aliphatic heterocycles. The van der Waals surface area contributed by atoms with E-state index >= 15 is 0 Å². The summed E-state index contributed by atoms with van der Waals surface area (Å²) in [6, 6.07) is 15.9. The smallest absolute Gasteiger partial charge is 0.247 e. The lowest BCUT2D eigenvalue weighted by molar-refractivity contribution is -0.140. The summed E-state index contributed by atoms with van der Waals surface area (Å²) < 4.78 is 0. The van der Waals surface area contributed by atoms with Crippen molar-refractivity contribution in [2.24, 2.45) is 5.92 Å². The molecule has 34 heavy (non-hydrogen) atoms. The van der Waals surface area contributed by atoms with E-state index in [1.54, 1.807) is 0 Å². The Hall–Kier alpha value is -3.19. The van der Waals surface area contributed by atoms with Crippen LogP contribution in [0.5, 0.6) is 0 Å². The van der Waals surface area contributed by atoms with Crippen LogP contribution in [0.1, 0.15) is 51.4 Å². The number of imidazole rings is 1. The predicted octanol–water partition coefficient (Wildman–Crippen LogP) is 3.79. The number of rotatable bonds is 5. The summed E-state index contributed by atoms with van der Waals surface area (Å²) in [6.45, 7) is 5.17. The van der Waals surface area contributed by atoms with E-state index in [-0.39, 0.29) is 29.8 Å². The van der Waals surface area contributed by atoms with Crippen molar-refractivity contribution < 1.29 is 9.59 Å². The molecule has 4 atom stereocenters. The predicted molar refractivity (Wildman–Crippen MR) is 133 cm³/mol. The summed E-state index contributed by atoms with van der Waals surface area (Å²) in [6.07, 6.45) is 3.46. The third-order valence-corrected chi connectivity index (χ3v) is 7.37. The molecular weight excluding hydrogens is 426 g/mol. The number of para-hydroxylation sites is 1. The minimum absolute atomic E-state index is 0.0138. The lowest BCUT2D eigenvalue weighted by atomic mass is 10.0. The molecule has 2 aromatic carbocycles. The first-order valence-electron chi connectivity index (χ1n) is 12.4. The summed E-state index contributed by atoms with van der Waals surface area (Å²) in [5, 5.41) is 6.36. The molecule has 1 aromatic heterocycles. The van der Waals surface area contributed by atoms with Gasteiger partial charge in [0.15, 0.2) is 0 Å². The van der Waals surface area contributed by atoms with Gasteiger partial charge in [-0.25, -0.2) is 4.98 Å². The molecule has 178 valence electrons. The number of nitrogens with one attached hydrogen (secondary N) is 3. The molecule has 0 spiro atoms. The highest BCUT2D eigenvalue weighted by molar-refractivity contribution is 5.92. The Bertz CT molecular complexity index is 1170. The second-order valence-electron chi connectivity index (χ2n) is 9.54. The Labute approximate surface area is 200 Å². The summed E-state index contributed by atoms with van der Waals surface area (Å²) in [7, 11) is 0. The van der Waals surface area contributed by atoms with Crippen molar-refractivity contribution in [3.63, 3.8) is 0 Å². The molecule has 7 heteroatoms. The zero-order chi connectivity index (χ0) is 23.7. The average Bonchev–Trinajstić information content (AvgIpc) is 3.48. The van der Waals surface area contributed by atoms with Crippen LogP contribution in [0.2, 0.25) is 0 Å². The van der Waals surface area contributed by atoms with E-state index < -0.39 is 6.04 Å². The number of amides is 2. The van der Waals surface area contributed by atoms with Crippen LogP contribution in [0.15, 0.2) is 48.5 Å². The van der Waals surface area contributed by atoms with E-state index in [0.717, 1.165) is 60.2 Å². The molecule has 2 amide bonds. The van der Waals surface area contributed by atoms with Crippen molar-refractivity contribution in [3.05, 3.63) is 54.4 Å². The minimum atomic E-state index is -0.561. The first-order valence-corrected chi connectivity index (χ1v) is 12.4. The SMILES string of the molecule is CC[C@@H](C)C(=O)N[C@H]1CNCC[C@H]2CC[C@@H](c3nc4cccc(-c5ccccc5)c4[nH]3)N2C1=O. The number of hydrogen-bond acceptors (Lipinski definition) is 4. The second kappa shape index (κ2) is 9.58. The number of aromatic nitrogens is 2. The van der Waals surface area contributed by atoms with Crippen molar-refractivity contribution in [1.82, 2.24) is 25.5 Å². The minimum Gasteiger partial charge on any atom is -0.343 e. The van der Waals surface area contributed by atoms with Gasteiger partial charge in [-0.1, -0.05) is 56.3 Å². The first-order chi connectivity index (χ1) is 16.6. The maximum atomic E-state index is 13.7. The van der Waals surface area contributed by atoms with Crippen molar-refractivity contribution in [2.45, 2.75) is 57.7 Å². The number of nitrogens with zero attached hydrogens (tertiary/aromatic N) is 2. The molecule has 2 fully saturated rings. The van der Waals surface area contributed by atoms with E-state index in [4.69, 9.17) is 4.98 Å². The van der Waals surface area contributed by atoms with Gasteiger partial charge in [0, 0.05) is 24.1 Å². The maximum Gasteiger partial charge on any atom is 0.247 e. The van der Waals surface area contributed by atoms with Gasteiger partial charge in [-0.15, -0.1) is 0 Å². The molecule has 2 aliphatic rings. The van der Waals surface area contributed by atoms with Crippen LogP contribution in [0, 0.1) is 5.92 Å². The van der Waals surface area contributed by atoms with Crippen LogP contribution in [0.25, 0.3) is 22.2 Å². The number of aromatic amines is 1. The third-order valence-electron chi connectivity index (χ3n) is 7.37. The number of carbonyl (C=O) groups is 2. The Morgan fingerprint density at radius 3 is 2.76 bits per heavy atom. The Kier molecular flexibility index (Phi) is 6.37. The number of carbonyl (C=O) groups excluding carboxylic acids is 2. The number of hydrogen-bond donors (Lipinski definition) is 3. The van der Waals surface area contributed by atoms with Crippen LogP contribution in [-0.2, 0) is 9.59 Å². The van der Waals surface area contributed by atoms with Gasteiger partial charge < -0.3 is 20.5 Å². The molecule has 3 aromatic rings. The lowest BCUT2D eigenvalue weighted by Gasteiger charge is -2.35. The van der Waals surface area contributed by atoms with Crippen molar-refractivity contribution in [3.8, 4) is 11.1 Å². The molecule has 3 N–H and O–H groups in total. The van der Waals surface area contributed by atoms with Crippen LogP contribution in [0.3, 0.4) is 0 Å². The van der Waals surface area contributed by atoms with Crippen molar-refractivity contribution >= 4 is 22.8 Å². The Balaban J connectivity index is 1.47. The van der Waals surface area contributed by atoms with Crippen LogP contribution in [0.4, 0.5) is 0 Å². The lowest BCUT2D eigenvalue weighted by Crippen LogP contribution is -2.57.